The predicted molar refractivity (Wildman–Crippen MR) is 91.1 cm³/mol. The molecule has 1 amide bonds. The SMILES string of the molecule is COC(=O)c1cc(CO)cc(Br)c1OCCNC(=O)OC(C)(C)C. The molecule has 1 rings (SSSR count). The second kappa shape index (κ2) is 8.89. The van der Waals surface area contributed by atoms with E-state index in [0.717, 1.165) is 0 Å². The van der Waals surface area contributed by atoms with Gasteiger partial charge in [-0.1, -0.05) is 0 Å². The Kier molecular flexibility index (Phi) is 7.50. The third-order valence-corrected chi connectivity index (χ3v) is 3.30. The molecule has 0 aliphatic carbocycles. The lowest BCUT2D eigenvalue weighted by Crippen LogP contribution is -2.34. The Morgan fingerprint density at radius 2 is 1.96 bits per heavy atom. The highest BCUT2D eigenvalue weighted by Crippen LogP contribution is 2.31. The number of aliphatic hydroxyl groups excluding tert-OH is 1. The van der Waals surface area contributed by atoms with E-state index < -0.39 is 17.7 Å². The minimum atomic E-state index is -0.582. The molecule has 0 radical (unpaired) electrons. The summed E-state index contributed by atoms with van der Waals surface area (Å²) >= 11 is 3.30. The van der Waals surface area contributed by atoms with Crippen molar-refractivity contribution < 1.29 is 28.9 Å². The average molecular weight is 404 g/mol. The Labute approximate surface area is 149 Å². The molecule has 0 unspecified atom stereocenters. The summed E-state index contributed by atoms with van der Waals surface area (Å²) in [5, 5.41) is 11.8. The van der Waals surface area contributed by atoms with Gasteiger partial charge in [-0.15, -0.1) is 0 Å². The number of benzene rings is 1. The van der Waals surface area contributed by atoms with E-state index >= 15 is 0 Å². The molecule has 0 aliphatic rings. The second-order valence-electron chi connectivity index (χ2n) is 5.88. The van der Waals surface area contributed by atoms with Crippen LogP contribution in [-0.4, -0.2) is 43.0 Å². The number of hydrogen-bond acceptors (Lipinski definition) is 6. The highest BCUT2D eigenvalue weighted by molar-refractivity contribution is 9.10. The number of ether oxygens (including phenoxy) is 3. The Balaban J connectivity index is 2.71. The van der Waals surface area contributed by atoms with Crippen molar-refractivity contribution in [1.29, 1.82) is 0 Å². The molecule has 134 valence electrons. The summed E-state index contributed by atoms with van der Waals surface area (Å²) in [6.45, 7) is 5.41. The van der Waals surface area contributed by atoms with Crippen LogP contribution in [0.15, 0.2) is 16.6 Å². The molecular weight excluding hydrogens is 382 g/mol. The summed E-state index contributed by atoms with van der Waals surface area (Å²) in [5.74, 6) is -0.300. The van der Waals surface area contributed by atoms with Crippen LogP contribution in [0.5, 0.6) is 5.75 Å². The first-order chi connectivity index (χ1) is 11.2. The summed E-state index contributed by atoms with van der Waals surface area (Å²) < 4.78 is 15.9. The van der Waals surface area contributed by atoms with Crippen molar-refractivity contribution in [2.75, 3.05) is 20.3 Å². The fraction of sp³-hybridized carbons (Fsp3) is 0.500. The molecule has 0 aromatic heterocycles. The van der Waals surface area contributed by atoms with Crippen molar-refractivity contribution in [2.24, 2.45) is 0 Å². The molecule has 8 heteroatoms. The number of carbonyl (C=O) groups is 2. The Morgan fingerprint density at radius 1 is 1.29 bits per heavy atom. The number of methoxy groups -OCH3 is 1. The van der Waals surface area contributed by atoms with Crippen LogP contribution >= 0.6 is 15.9 Å². The zero-order valence-electron chi connectivity index (χ0n) is 14.1. The number of halogens is 1. The largest absolute Gasteiger partial charge is 0.490 e. The molecule has 0 heterocycles. The maximum atomic E-state index is 11.9. The van der Waals surface area contributed by atoms with Crippen molar-refractivity contribution >= 4 is 28.0 Å². The van der Waals surface area contributed by atoms with Crippen LogP contribution in [0.3, 0.4) is 0 Å². The standard InChI is InChI=1S/C16H22BrNO6/c1-16(2,3)24-15(21)18-5-6-23-13-11(14(20)22-4)7-10(9-19)8-12(13)17/h7-8,19H,5-6,9H2,1-4H3,(H,18,21). The van der Waals surface area contributed by atoms with Crippen molar-refractivity contribution in [3.05, 3.63) is 27.7 Å². The van der Waals surface area contributed by atoms with Crippen molar-refractivity contribution in [3.63, 3.8) is 0 Å². The molecule has 24 heavy (non-hydrogen) atoms. The molecule has 0 spiro atoms. The van der Waals surface area contributed by atoms with E-state index in [1.807, 2.05) is 0 Å². The lowest BCUT2D eigenvalue weighted by molar-refractivity contribution is 0.0516. The van der Waals surface area contributed by atoms with Crippen molar-refractivity contribution in [1.82, 2.24) is 5.32 Å². The lowest BCUT2D eigenvalue weighted by Gasteiger charge is -2.20. The minimum absolute atomic E-state index is 0.125. The number of carbonyl (C=O) groups excluding carboxylic acids is 2. The summed E-state index contributed by atoms with van der Waals surface area (Å²) in [6.07, 6.45) is -0.547. The van der Waals surface area contributed by atoms with Crippen LogP contribution in [0.2, 0.25) is 0 Å². The summed E-state index contributed by atoms with van der Waals surface area (Å²) in [4.78, 5) is 23.4. The van der Waals surface area contributed by atoms with Crippen LogP contribution in [0.1, 0.15) is 36.7 Å². The van der Waals surface area contributed by atoms with Gasteiger partial charge < -0.3 is 24.6 Å². The van der Waals surface area contributed by atoms with Gasteiger partial charge in [0.1, 0.15) is 23.5 Å². The molecule has 2 N–H and O–H groups in total. The first kappa shape index (κ1) is 20.2. The van der Waals surface area contributed by atoms with Crippen molar-refractivity contribution in [3.8, 4) is 5.75 Å². The van der Waals surface area contributed by atoms with E-state index in [2.05, 4.69) is 21.2 Å². The fourth-order valence-electron chi connectivity index (χ4n) is 1.77. The van der Waals surface area contributed by atoms with Crippen LogP contribution < -0.4 is 10.1 Å². The zero-order chi connectivity index (χ0) is 18.3. The van der Waals surface area contributed by atoms with E-state index in [9.17, 15) is 14.7 Å². The van der Waals surface area contributed by atoms with E-state index in [-0.39, 0.29) is 31.1 Å². The second-order valence-corrected chi connectivity index (χ2v) is 6.74. The van der Waals surface area contributed by atoms with Gasteiger partial charge in [0, 0.05) is 0 Å². The smallest absolute Gasteiger partial charge is 0.407 e. The molecule has 0 fully saturated rings. The normalized spacial score (nSPS) is 10.9. The minimum Gasteiger partial charge on any atom is -0.490 e. The molecule has 0 atom stereocenters. The van der Waals surface area contributed by atoms with Crippen LogP contribution in [-0.2, 0) is 16.1 Å². The van der Waals surface area contributed by atoms with Crippen molar-refractivity contribution in [2.45, 2.75) is 33.0 Å². The van der Waals surface area contributed by atoms with Crippen LogP contribution in [0.25, 0.3) is 0 Å². The van der Waals surface area contributed by atoms with Gasteiger partial charge in [0.2, 0.25) is 0 Å². The topological polar surface area (TPSA) is 94.1 Å². The van der Waals surface area contributed by atoms with E-state index in [1.54, 1.807) is 26.8 Å². The molecular formula is C16H22BrNO6. The van der Waals surface area contributed by atoms with Crippen LogP contribution in [0, 0.1) is 0 Å². The van der Waals surface area contributed by atoms with Crippen LogP contribution in [0.4, 0.5) is 4.79 Å². The number of nitrogens with one attached hydrogen (secondary N) is 1. The van der Waals surface area contributed by atoms with Gasteiger partial charge in [0.25, 0.3) is 0 Å². The summed E-state index contributed by atoms with van der Waals surface area (Å²) in [7, 11) is 1.26. The van der Waals surface area contributed by atoms with Gasteiger partial charge in [0.15, 0.2) is 0 Å². The molecule has 0 aliphatic heterocycles. The Morgan fingerprint density at radius 3 is 2.50 bits per heavy atom. The molecule has 1 aromatic rings. The number of aliphatic hydroxyl groups is 1. The average Bonchev–Trinajstić information content (AvgIpc) is 2.49. The molecule has 7 nitrogen and oxygen atoms in total. The first-order valence-corrected chi connectivity index (χ1v) is 8.08. The highest BCUT2D eigenvalue weighted by atomic mass is 79.9. The Hall–Kier alpha value is -1.80. The number of hydrogen-bond donors (Lipinski definition) is 2. The zero-order valence-corrected chi connectivity index (χ0v) is 15.7. The maximum Gasteiger partial charge on any atom is 0.407 e. The molecule has 0 saturated carbocycles. The summed E-state index contributed by atoms with van der Waals surface area (Å²) in [6, 6.07) is 3.14. The molecule has 1 aromatic carbocycles. The first-order valence-electron chi connectivity index (χ1n) is 7.29. The quantitative estimate of drug-likeness (QED) is 0.559. The van der Waals surface area contributed by atoms with Gasteiger partial charge in [-0.25, -0.2) is 9.59 Å². The number of amides is 1. The molecule has 0 saturated heterocycles. The Bertz CT molecular complexity index is 597. The third kappa shape index (κ3) is 6.37. The lowest BCUT2D eigenvalue weighted by atomic mass is 10.1. The summed E-state index contributed by atoms with van der Waals surface area (Å²) in [5.41, 5.74) is 0.154. The van der Waals surface area contributed by atoms with Gasteiger partial charge in [-0.3, -0.25) is 0 Å². The van der Waals surface area contributed by atoms with E-state index in [4.69, 9.17) is 14.2 Å². The maximum absolute atomic E-state index is 11.9. The van der Waals surface area contributed by atoms with Gasteiger partial charge >= 0.3 is 12.1 Å². The third-order valence-electron chi connectivity index (χ3n) is 2.71. The predicted octanol–water partition coefficient (Wildman–Crippen LogP) is 2.63. The number of rotatable bonds is 6. The van der Waals surface area contributed by atoms with Gasteiger partial charge in [-0.05, 0) is 54.4 Å². The van der Waals surface area contributed by atoms with E-state index in [1.165, 1.54) is 13.2 Å². The van der Waals surface area contributed by atoms with Gasteiger partial charge in [0.05, 0.1) is 24.7 Å². The molecule has 0 bridgehead atoms. The van der Waals surface area contributed by atoms with E-state index in [0.29, 0.717) is 10.0 Å². The fourth-order valence-corrected chi connectivity index (χ4v) is 2.39. The number of esters is 1. The van der Waals surface area contributed by atoms with Gasteiger partial charge in [-0.2, -0.15) is 0 Å². The number of alkyl carbamates (subject to hydrolysis) is 1. The highest BCUT2D eigenvalue weighted by Gasteiger charge is 2.19. The monoisotopic (exact) mass is 403 g/mol.